The molecule has 3 saturated carbocycles. The van der Waals surface area contributed by atoms with Gasteiger partial charge in [-0.3, -0.25) is 19.2 Å². The highest BCUT2D eigenvalue weighted by molar-refractivity contribution is 6.36. The van der Waals surface area contributed by atoms with E-state index in [9.17, 15) is 19.2 Å². The third kappa shape index (κ3) is 9.32. The Kier molecular flexibility index (Phi) is 12.7. The first-order valence-electron chi connectivity index (χ1n) is 22.1. The Morgan fingerprint density at radius 2 is 1.73 bits per heavy atom. The quantitative estimate of drug-likeness (QED) is 0.130. The van der Waals surface area contributed by atoms with Crippen molar-refractivity contribution in [3.05, 3.63) is 29.5 Å². The van der Waals surface area contributed by atoms with E-state index in [1.807, 2.05) is 19.9 Å². The number of ether oxygens (including phenoxy) is 4. The number of nitrogens with zero attached hydrogens (tertiary/aromatic N) is 3. The highest BCUT2D eigenvalue weighted by Gasteiger charge is 2.59. The molecule has 4 heterocycles. The number of amides is 1. The fourth-order valence-electron chi connectivity index (χ4n) is 10.1. The highest BCUT2D eigenvalue weighted by atomic mass is 35.5. The van der Waals surface area contributed by atoms with E-state index in [1.54, 1.807) is 31.1 Å². The molecule has 324 valence electrons. The van der Waals surface area contributed by atoms with E-state index in [1.165, 1.54) is 12.7 Å². The molecule has 1 amide bonds. The largest absolute Gasteiger partial charge is 0.490 e. The molecule has 14 heteroatoms. The number of methoxy groups -OCH3 is 1. The molecule has 13 nitrogen and oxygen atoms in total. The third-order valence-electron chi connectivity index (χ3n) is 13.6. The smallest absolute Gasteiger partial charge is 0.306 e. The van der Waals surface area contributed by atoms with E-state index in [4.69, 9.17) is 39.9 Å². The molecule has 1 unspecified atom stereocenters. The Bertz CT molecular complexity index is 2080. The Morgan fingerprint density at radius 1 is 0.967 bits per heavy atom. The molecule has 8 rings (SSSR count). The van der Waals surface area contributed by atoms with Crippen LogP contribution in [0.4, 0.5) is 6.01 Å². The number of carbonyl (C=O) groups excluding carboxylic acids is 4. The van der Waals surface area contributed by atoms with Crippen molar-refractivity contribution in [2.75, 3.05) is 32.2 Å². The number of pyridine rings is 1. The van der Waals surface area contributed by atoms with Crippen molar-refractivity contribution in [2.45, 2.75) is 135 Å². The first-order chi connectivity index (χ1) is 28.9. The van der Waals surface area contributed by atoms with Crippen molar-refractivity contribution in [3.8, 4) is 22.9 Å². The Morgan fingerprint density at radius 3 is 2.48 bits per heavy atom. The molecule has 5 fully saturated rings. The van der Waals surface area contributed by atoms with E-state index in [-0.39, 0.29) is 78.9 Å². The van der Waals surface area contributed by atoms with Crippen LogP contribution >= 0.6 is 11.6 Å². The number of ketones is 2. The van der Waals surface area contributed by atoms with Crippen LogP contribution in [-0.2, 0) is 28.7 Å². The lowest BCUT2D eigenvalue weighted by Gasteiger charge is -2.29. The molecule has 1 N–H and O–H groups in total. The first kappa shape index (κ1) is 42.5. The van der Waals surface area contributed by atoms with Gasteiger partial charge in [-0.15, -0.1) is 0 Å². The molecule has 0 radical (unpaired) electrons. The number of halogens is 1. The zero-order valence-corrected chi connectivity index (χ0v) is 36.1. The molecule has 2 aliphatic heterocycles. The van der Waals surface area contributed by atoms with Crippen LogP contribution in [0.2, 0.25) is 5.02 Å². The van der Waals surface area contributed by atoms with Gasteiger partial charge in [-0.2, -0.15) is 4.98 Å². The van der Waals surface area contributed by atoms with Gasteiger partial charge in [-0.05, 0) is 89.2 Å². The van der Waals surface area contributed by atoms with Gasteiger partial charge in [0.25, 0.3) is 6.01 Å². The summed E-state index contributed by atoms with van der Waals surface area (Å²) >= 11 is 6.98. The molecule has 3 aliphatic carbocycles. The predicted molar refractivity (Wildman–Crippen MR) is 225 cm³/mol. The normalized spacial score (nSPS) is 29.3. The molecule has 3 aromatic rings. The van der Waals surface area contributed by atoms with E-state index in [2.05, 4.69) is 10.3 Å². The van der Waals surface area contributed by atoms with Crippen LogP contribution in [0.3, 0.4) is 0 Å². The summed E-state index contributed by atoms with van der Waals surface area (Å²) in [6, 6.07) is 4.96. The van der Waals surface area contributed by atoms with Crippen LogP contribution in [0.25, 0.3) is 22.3 Å². The van der Waals surface area contributed by atoms with Crippen molar-refractivity contribution in [2.24, 2.45) is 29.1 Å². The van der Waals surface area contributed by atoms with Gasteiger partial charge in [0, 0.05) is 48.8 Å². The van der Waals surface area contributed by atoms with Gasteiger partial charge in [0.1, 0.15) is 53.1 Å². The number of oxazole rings is 1. The van der Waals surface area contributed by atoms with Gasteiger partial charge < -0.3 is 33.6 Å². The summed E-state index contributed by atoms with van der Waals surface area (Å²) in [5.41, 5.74) is 0.624. The Hall–Kier alpha value is -4.23. The number of hydrogen-bond donors (Lipinski definition) is 1. The summed E-state index contributed by atoms with van der Waals surface area (Å²) < 4.78 is 29.6. The molecule has 1 aromatic carbocycles. The zero-order valence-electron chi connectivity index (χ0n) is 35.3. The summed E-state index contributed by atoms with van der Waals surface area (Å²) in [4.78, 5) is 67.2. The minimum Gasteiger partial charge on any atom is -0.490 e. The van der Waals surface area contributed by atoms with Crippen LogP contribution in [0.5, 0.6) is 11.5 Å². The molecule has 0 spiro atoms. The second-order valence-electron chi connectivity index (χ2n) is 18.3. The van der Waals surface area contributed by atoms with Crippen LogP contribution in [0.1, 0.15) is 111 Å². The van der Waals surface area contributed by atoms with Crippen molar-refractivity contribution < 1.29 is 42.5 Å². The summed E-state index contributed by atoms with van der Waals surface area (Å²) in [5.74, 6) is 1.05. The molecule has 0 bridgehead atoms. The molecule has 8 atom stereocenters. The van der Waals surface area contributed by atoms with E-state index < -0.39 is 23.5 Å². The van der Waals surface area contributed by atoms with Crippen molar-refractivity contribution >= 4 is 52.0 Å². The maximum atomic E-state index is 14.8. The number of Topliss-reactive ketones (excluding diaryl/α,β-unsaturated/α-hetero) is 2. The molecule has 2 aromatic heterocycles. The lowest BCUT2D eigenvalue weighted by molar-refractivity contribution is -0.154. The number of anilines is 1. The topological polar surface area (TPSA) is 159 Å². The van der Waals surface area contributed by atoms with Crippen LogP contribution in [0.15, 0.2) is 28.9 Å². The fourth-order valence-corrected chi connectivity index (χ4v) is 10.4. The third-order valence-corrected chi connectivity index (χ3v) is 13.9. The number of rotatable bonds is 13. The number of carbonyl (C=O) groups is 4. The highest BCUT2D eigenvalue weighted by Crippen LogP contribution is 2.59. The maximum Gasteiger partial charge on any atom is 0.306 e. The average Bonchev–Trinajstić information content (AvgIpc) is 3.86. The summed E-state index contributed by atoms with van der Waals surface area (Å²) in [6.45, 7) is 6.34. The average molecular weight is 847 g/mol. The van der Waals surface area contributed by atoms with E-state index in [0.29, 0.717) is 71.1 Å². The molecular formula is C46H59ClN4O9. The summed E-state index contributed by atoms with van der Waals surface area (Å²) in [5, 5.41) is 4.05. The van der Waals surface area contributed by atoms with Gasteiger partial charge in [-0.25, -0.2) is 4.98 Å². The first-order valence-corrected chi connectivity index (χ1v) is 22.5. The van der Waals surface area contributed by atoms with Gasteiger partial charge in [0.15, 0.2) is 5.78 Å². The second kappa shape index (κ2) is 18.0. The van der Waals surface area contributed by atoms with Crippen molar-refractivity contribution in [1.82, 2.24) is 14.9 Å². The Labute approximate surface area is 356 Å². The van der Waals surface area contributed by atoms with Crippen molar-refractivity contribution in [3.63, 3.8) is 0 Å². The number of fused-ring (bicyclic) bond motifs is 4. The molecule has 5 aliphatic rings. The number of aromatic nitrogens is 2. The minimum absolute atomic E-state index is 0.0238. The molecule has 60 heavy (non-hydrogen) atoms. The number of benzene rings is 1. The number of hydrogen-bond acceptors (Lipinski definition) is 12. The van der Waals surface area contributed by atoms with E-state index in [0.717, 1.165) is 51.4 Å². The van der Waals surface area contributed by atoms with Crippen LogP contribution in [0, 0.1) is 29.1 Å². The molecule has 2 saturated heterocycles. The lowest BCUT2D eigenvalue weighted by atomic mass is 9.87. The van der Waals surface area contributed by atoms with Gasteiger partial charge in [0.05, 0.1) is 36.8 Å². The lowest BCUT2D eigenvalue weighted by Crippen LogP contribution is -2.45. The summed E-state index contributed by atoms with van der Waals surface area (Å²) in [7, 11) is 1.59. The monoisotopic (exact) mass is 846 g/mol. The predicted octanol–water partition coefficient (Wildman–Crippen LogP) is 8.38. The van der Waals surface area contributed by atoms with Gasteiger partial charge >= 0.3 is 5.97 Å². The maximum absolute atomic E-state index is 14.8. The minimum atomic E-state index is -0.817. The molecular weight excluding hydrogens is 788 g/mol. The van der Waals surface area contributed by atoms with Gasteiger partial charge in [0.2, 0.25) is 5.91 Å². The van der Waals surface area contributed by atoms with Crippen LogP contribution < -0.4 is 14.8 Å². The van der Waals surface area contributed by atoms with Crippen molar-refractivity contribution in [1.29, 1.82) is 0 Å². The second-order valence-corrected chi connectivity index (χ2v) is 18.7. The number of esters is 1. The van der Waals surface area contributed by atoms with E-state index >= 15 is 0 Å². The fraction of sp³-hybridized carbons (Fsp3) is 0.652. The summed E-state index contributed by atoms with van der Waals surface area (Å²) in [6.07, 6.45) is 11.1. The van der Waals surface area contributed by atoms with Gasteiger partial charge in [-0.1, -0.05) is 43.7 Å². The zero-order chi connectivity index (χ0) is 42.1. The Balaban J connectivity index is 1.10. The SMILES string of the molecule is COCCOc1ccc2c(O[C@@H]3C[C@H]4C(=O)C[C@]5(C(C)=O)C[C@H]5CCCCCCC[C@H](CC(=O)OC5C[C@@H]6C[C@@H]6C5)C(=O)N4C3)cc(-c3coc(NC(C)C)n3)nc2c1Cl. The standard InChI is InChI=1S/C46H59ClN4O9/c1-26(2)48-45-50-36(25-58-45)35-21-40(34-12-13-39(57-15-14-56-4)42(47)43(34)49-35)59-33-20-37-38(53)23-46(27(3)52)22-31(46)11-9-7-5-6-8-10-28(44(55)51(37)24-33)19-41(54)60-32-17-29-16-30(29)18-32/h12-13,21,25-26,28-33,37H,5-11,14-20,22-24H2,1-4H3,(H,48,50)/t28-,29-,30+,31-,32?,33-,37+,46+/m1/s1. The number of nitrogens with one attached hydrogen (secondary N) is 1. The van der Waals surface area contributed by atoms with Crippen LogP contribution in [-0.4, -0.2) is 89.5 Å².